The lowest BCUT2D eigenvalue weighted by molar-refractivity contribution is -0.126. The van der Waals surface area contributed by atoms with E-state index in [1.165, 1.54) is 0 Å². The Bertz CT molecular complexity index is 301. The summed E-state index contributed by atoms with van der Waals surface area (Å²) in [5.41, 5.74) is 0.540. The molecule has 0 aromatic rings. The maximum Gasteiger partial charge on any atom is 0.249 e. The Morgan fingerprint density at radius 2 is 1.42 bits per heavy atom. The van der Waals surface area contributed by atoms with Gasteiger partial charge in [0.25, 0.3) is 0 Å². The van der Waals surface area contributed by atoms with Gasteiger partial charge in [-0.3, -0.25) is 4.79 Å². The van der Waals surface area contributed by atoms with Crippen LogP contribution >= 0.6 is 0 Å². The summed E-state index contributed by atoms with van der Waals surface area (Å²) in [6, 6.07) is 0. The van der Waals surface area contributed by atoms with Crippen LogP contribution in [-0.4, -0.2) is 37.0 Å². The molecule has 0 spiro atoms. The number of nitrogens with one attached hydrogen (secondary N) is 1. The van der Waals surface area contributed by atoms with Crippen molar-refractivity contribution >= 4 is 5.91 Å². The van der Waals surface area contributed by atoms with E-state index in [4.69, 9.17) is 0 Å². The molecule has 0 bridgehead atoms. The van der Waals surface area contributed by atoms with Crippen molar-refractivity contribution in [1.82, 2.24) is 10.2 Å². The molecule has 19 heavy (non-hydrogen) atoms. The second-order valence-corrected chi connectivity index (χ2v) is 3.80. The maximum atomic E-state index is 11.4. The highest BCUT2D eigenvalue weighted by Gasteiger charge is 2.09. The van der Waals surface area contributed by atoms with Crippen molar-refractivity contribution in [3.8, 4) is 0 Å². The van der Waals surface area contributed by atoms with Crippen molar-refractivity contribution in [3.05, 3.63) is 62.8 Å². The van der Waals surface area contributed by atoms with Gasteiger partial charge in [-0.2, -0.15) is 0 Å². The molecular weight excluding hydrogens is 236 g/mol. The molecule has 3 nitrogen and oxygen atoms in total. The molecule has 0 saturated heterocycles. The molecule has 0 rings (SSSR count). The second-order valence-electron chi connectivity index (χ2n) is 3.80. The van der Waals surface area contributed by atoms with Gasteiger partial charge in [0.15, 0.2) is 0 Å². The van der Waals surface area contributed by atoms with Crippen LogP contribution in [0.4, 0.5) is 0 Å². The summed E-state index contributed by atoms with van der Waals surface area (Å²) < 4.78 is 0. The smallest absolute Gasteiger partial charge is 0.249 e. The Kier molecular flexibility index (Phi) is 14.5. The number of amides is 1. The van der Waals surface area contributed by atoms with E-state index < -0.39 is 0 Å². The first-order chi connectivity index (χ1) is 9.04. The molecule has 0 radical (unpaired) electrons. The lowest BCUT2D eigenvalue weighted by Gasteiger charge is -2.18. The van der Waals surface area contributed by atoms with Crippen LogP contribution in [0.15, 0.2) is 62.8 Å². The zero-order chi connectivity index (χ0) is 15.1. The van der Waals surface area contributed by atoms with Gasteiger partial charge in [0.05, 0.1) is 0 Å². The largest absolute Gasteiger partial charge is 0.332 e. The van der Waals surface area contributed by atoms with Crippen molar-refractivity contribution < 1.29 is 4.79 Å². The van der Waals surface area contributed by atoms with Crippen LogP contribution in [0.25, 0.3) is 0 Å². The zero-order valence-corrected chi connectivity index (χ0v) is 12.0. The van der Waals surface area contributed by atoms with Gasteiger partial charge in [-0.1, -0.05) is 30.9 Å². The van der Waals surface area contributed by atoms with Crippen LogP contribution < -0.4 is 5.32 Å². The SMILES string of the molecule is C=CCN(CC=C)C(=O)C(=C)C.C=CCNCC=C. The van der Waals surface area contributed by atoms with Gasteiger partial charge in [0.1, 0.15) is 0 Å². The molecule has 0 unspecified atom stereocenters. The summed E-state index contributed by atoms with van der Waals surface area (Å²) in [5.74, 6) is -0.0465. The van der Waals surface area contributed by atoms with Crippen molar-refractivity contribution in [2.45, 2.75) is 6.92 Å². The monoisotopic (exact) mass is 262 g/mol. The van der Waals surface area contributed by atoms with Crippen molar-refractivity contribution in [3.63, 3.8) is 0 Å². The molecule has 0 atom stereocenters. The van der Waals surface area contributed by atoms with Gasteiger partial charge in [-0.25, -0.2) is 0 Å². The summed E-state index contributed by atoms with van der Waals surface area (Å²) in [6.07, 6.45) is 7.02. The van der Waals surface area contributed by atoms with E-state index in [2.05, 4.69) is 38.2 Å². The van der Waals surface area contributed by atoms with Crippen molar-refractivity contribution in [2.75, 3.05) is 26.2 Å². The summed E-state index contributed by atoms with van der Waals surface area (Å²) in [4.78, 5) is 13.0. The fraction of sp³-hybridized carbons (Fsp3) is 0.312. The number of carbonyl (C=O) groups is 1. The first kappa shape index (κ1) is 19.5. The Labute approximate surface area is 117 Å². The first-order valence-electron chi connectivity index (χ1n) is 6.14. The molecule has 0 aliphatic carbocycles. The van der Waals surface area contributed by atoms with Crippen molar-refractivity contribution in [2.24, 2.45) is 0 Å². The Balaban J connectivity index is 0. The second kappa shape index (κ2) is 14.2. The Hall–Kier alpha value is -1.87. The molecule has 1 N–H and O–H groups in total. The molecule has 106 valence electrons. The summed E-state index contributed by atoms with van der Waals surface area (Å²) >= 11 is 0. The average Bonchev–Trinajstić information content (AvgIpc) is 2.39. The van der Waals surface area contributed by atoms with E-state index in [1.807, 2.05) is 12.2 Å². The van der Waals surface area contributed by atoms with Gasteiger partial charge in [0, 0.05) is 31.8 Å². The van der Waals surface area contributed by atoms with Crippen molar-refractivity contribution in [1.29, 1.82) is 0 Å². The van der Waals surface area contributed by atoms with E-state index >= 15 is 0 Å². The van der Waals surface area contributed by atoms with Gasteiger partial charge >= 0.3 is 0 Å². The lowest BCUT2D eigenvalue weighted by Crippen LogP contribution is -2.31. The molecule has 0 aliphatic heterocycles. The highest BCUT2D eigenvalue weighted by atomic mass is 16.2. The van der Waals surface area contributed by atoms with E-state index in [0.29, 0.717) is 18.7 Å². The van der Waals surface area contributed by atoms with Gasteiger partial charge in [0.2, 0.25) is 5.91 Å². The fourth-order valence-electron chi connectivity index (χ4n) is 1.11. The number of rotatable bonds is 9. The van der Waals surface area contributed by atoms with Gasteiger partial charge in [-0.05, 0) is 6.92 Å². The Morgan fingerprint density at radius 3 is 1.68 bits per heavy atom. The minimum Gasteiger partial charge on any atom is -0.332 e. The van der Waals surface area contributed by atoms with Crippen LogP contribution in [0, 0.1) is 0 Å². The number of hydrogen-bond donors (Lipinski definition) is 1. The average molecular weight is 262 g/mol. The minimum atomic E-state index is -0.0465. The standard InChI is InChI=1S/C10H15NO.C6H11N/c1-5-7-11(8-6-2)10(12)9(3)4;1-3-5-7-6-4-2/h5-6H,1-3,7-8H2,4H3;3-4,7H,1-2,5-6H2. The molecule has 0 saturated carbocycles. The third-order valence-electron chi connectivity index (χ3n) is 1.93. The molecule has 0 aromatic heterocycles. The summed E-state index contributed by atoms with van der Waals surface area (Å²) in [7, 11) is 0. The highest BCUT2D eigenvalue weighted by Crippen LogP contribution is 1.98. The lowest BCUT2D eigenvalue weighted by atomic mass is 10.3. The third kappa shape index (κ3) is 12.4. The van der Waals surface area contributed by atoms with Crippen LogP contribution in [0.3, 0.4) is 0 Å². The minimum absolute atomic E-state index is 0.0465. The Morgan fingerprint density at radius 1 is 1.00 bits per heavy atom. The summed E-state index contributed by atoms with van der Waals surface area (Å²) in [6.45, 7) is 22.3. The van der Waals surface area contributed by atoms with Gasteiger partial charge in [-0.15, -0.1) is 26.3 Å². The fourth-order valence-corrected chi connectivity index (χ4v) is 1.11. The quantitative estimate of drug-likeness (QED) is 0.394. The molecular formula is C16H26N2O. The third-order valence-corrected chi connectivity index (χ3v) is 1.93. The molecule has 0 aromatic carbocycles. The number of hydrogen-bond acceptors (Lipinski definition) is 2. The highest BCUT2D eigenvalue weighted by molar-refractivity contribution is 5.92. The van der Waals surface area contributed by atoms with Crippen LogP contribution in [0.2, 0.25) is 0 Å². The first-order valence-corrected chi connectivity index (χ1v) is 6.14. The molecule has 0 aliphatic rings. The van der Waals surface area contributed by atoms with Crippen LogP contribution in [0.1, 0.15) is 6.92 Å². The van der Waals surface area contributed by atoms with Crippen LogP contribution in [0.5, 0.6) is 0 Å². The van der Waals surface area contributed by atoms with E-state index in [9.17, 15) is 4.79 Å². The predicted molar refractivity (Wildman–Crippen MR) is 85.1 cm³/mol. The van der Waals surface area contributed by atoms with Gasteiger partial charge < -0.3 is 10.2 Å². The zero-order valence-electron chi connectivity index (χ0n) is 12.0. The maximum absolute atomic E-state index is 11.4. The van der Waals surface area contributed by atoms with E-state index in [-0.39, 0.29) is 5.91 Å². The number of nitrogens with zero attached hydrogens (tertiary/aromatic N) is 1. The molecule has 3 heteroatoms. The molecule has 1 amide bonds. The normalized spacial score (nSPS) is 8.47. The van der Waals surface area contributed by atoms with E-state index in [0.717, 1.165) is 13.1 Å². The predicted octanol–water partition coefficient (Wildman–Crippen LogP) is 2.71. The van der Waals surface area contributed by atoms with Crippen LogP contribution in [-0.2, 0) is 4.79 Å². The summed E-state index contributed by atoms with van der Waals surface area (Å²) in [5, 5.41) is 3.05. The number of carbonyl (C=O) groups excluding carboxylic acids is 1. The topological polar surface area (TPSA) is 32.3 Å². The van der Waals surface area contributed by atoms with E-state index in [1.54, 1.807) is 24.0 Å². The molecule has 0 fully saturated rings. The molecule has 0 heterocycles.